The lowest BCUT2D eigenvalue weighted by molar-refractivity contribution is 0.0913. The molecule has 6 aromatic carbocycles. The van der Waals surface area contributed by atoms with Gasteiger partial charge in [-0.3, -0.25) is 0 Å². The minimum Gasteiger partial charge on any atom is -0.309 e. The van der Waals surface area contributed by atoms with Gasteiger partial charge in [0, 0.05) is 42.3 Å². The summed E-state index contributed by atoms with van der Waals surface area (Å²) in [6, 6.07) is 50.2. The first-order chi connectivity index (χ1) is 27.6. The molecule has 3 saturated carbocycles. The van der Waals surface area contributed by atoms with Crippen molar-refractivity contribution in [3.63, 3.8) is 0 Å². The van der Waals surface area contributed by atoms with E-state index >= 15 is 0 Å². The Bertz CT molecular complexity index is 2690. The average Bonchev–Trinajstić information content (AvgIpc) is 4.00. The van der Waals surface area contributed by atoms with E-state index in [1.807, 2.05) is 11.3 Å². The van der Waals surface area contributed by atoms with Crippen LogP contribution >= 0.6 is 11.3 Å². The molecule has 5 atom stereocenters. The molecule has 2 heteroatoms. The molecule has 1 aromatic heterocycles. The topological polar surface area (TPSA) is 3.24 Å². The first-order valence-electron chi connectivity index (χ1n) is 21.8. The first kappa shape index (κ1) is 33.5. The van der Waals surface area contributed by atoms with E-state index in [4.69, 9.17) is 0 Å². The summed E-state index contributed by atoms with van der Waals surface area (Å²) in [5, 5.41) is 2.73. The summed E-state index contributed by atoms with van der Waals surface area (Å²) in [5.41, 5.74) is 16.3. The summed E-state index contributed by atoms with van der Waals surface area (Å²) in [7, 11) is 0. The minimum absolute atomic E-state index is 0.0510. The molecule has 7 aromatic rings. The summed E-state index contributed by atoms with van der Waals surface area (Å²) in [4.78, 5) is 2.72. The van der Waals surface area contributed by atoms with Gasteiger partial charge in [0.05, 0.1) is 11.4 Å². The molecule has 0 amide bonds. The van der Waals surface area contributed by atoms with Crippen molar-refractivity contribution in [1.82, 2.24) is 0 Å². The predicted molar refractivity (Wildman–Crippen MR) is 238 cm³/mol. The minimum atomic E-state index is 0.0510. The van der Waals surface area contributed by atoms with Gasteiger partial charge in [-0.2, -0.15) is 0 Å². The van der Waals surface area contributed by atoms with Crippen molar-refractivity contribution in [2.45, 2.75) is 88.9 Å². The van der Waals surface area contributed by atoms with Gasteiger partial charge in [-0.1, -0.05) is 137 Å². The quantitative estimate of drug-likeness (QED) is 0.173. The Balaban J connectivity index is 1.16. The SMILES string of the molecule is CCC1CCC2CC[C@H](C)C(C1)C21c2ccccc2-c2ccc(N(c3cccc4c3-c3ccccc3C43CCCC3)c3cccc4sc5ccccc5c34)cc21. The zero-order valence-electron chi connectivity index (χ0n) is 32.9. The molecule has 1 nitrogen and oxygen atoms in total. The second-order valence-corrected chi connectivity index (χ2v) is 19.3. The first-order valence-corrected chi connectivity index (χ1v) is 22.6. The smallest absolute Gasteiger partial charge is 0.0555 e. The van der Waals surface area contributed by atoms with Gasteiger partial charge in [0.25, 0.3) is 0 Å². The Morgan fingerprint density at radius 1 is 0.625 bits per heavy atom. The van der Waals surface area contributed by atoms with Crippen LogP contribution in [0.1, 0.15) is 100 Å². The maximum Gasteiger partial charge on any atom is 0.0555 e. The molecule has 1 heterocycles. The Labute approximate surface area is 336 Å². The lowest BCUT2D eigenvalue weighted by Gasteiger charge is -2.51. The van der Waals surface area contributed by atoms with Crippen LogP contribution in [0.5, 0.6) is 0 Å². The fraction of sp³-hybridized carbons (Fsp3) is 0.333. The molecule has 278 valence electrons. The lowest BCUT2D eigenvalue weighted by atomic mass is 9.52. The second-order valence-electron chi connectivity index (χ2n) is 18.2. The van der Waals surface area contributed by atoms with Gasteiger partial charge in [0.15, 0.2) is 0 Å². The van der Waals surface area contributed by atoms with Gasteiger partial charge in [-0.15, -0.1) is 11.3 Å². The Hall–Kier alpha value is -4.66. The van der Waals surface area contributed by atoms with Crippen LogP contribution in [0.2, 0.25) is 0 Å². The summed E-state index contributed by atoms with van der Waals surface area (Å²) >= 11 is 1.93. The molecule has 0 saturated heterocycles. The highest BCUT2D eigenvalue weighted by atomic mass is 32.1. The van der Waals surface area contributed by atoms with Crippen molar-refractivity contribution in [2.24, 2.45) is 23.7 Å². The Morgan fingerprint density at radius 2 is 1.32 bits per heavy atom. The molecule has 0 N–H and O–H groups in total. The van der Waals surface area contributed by atoms with Crippen LogP contribution in [-0.4, -0.2) is 0 Å². The van der Waals surface area contributed by atoms with E-state index in [-0.39, 0.29) is 10.8 Å². The van der Waals surface area contributed by atoms with Crippen LogP contribution in [0, 0.1) is 23.7 Å². The predicted octanol–water partition coefficient (Wildman–Crippen LogP) is 15.5. The zero-order valence-corrected chi connectivity index (χ0v) is 33.7. The fourth-order valence-corrected chi connectivity index (χ4v) is 14.7. The number of anilines is 3. The molecule has 0 aliphatic heterocycles. The number of hydrogen-bond acceptors (Lipinski definition) is 2. The van der Waals surface area contributed by atoms with Crippen molar-refractivity contribution in [3.05, 3.63) is 150 Å². The molecule has 3 fully saturated rings. The van der Waals surface area contributed by atoms with Crippen LogP contribution in [0.3, 0.4) is 0 Å². The molecule has 5 aliphatic carbocycles. The molecule has 5 aliphatic rings. The molecule has 2 spiro atoms. The average molecular weight is 746 g/mol. The Kier molecular flexibility index (Phi) is 7.42. The van der Waals surface area contributed by atoms with Gasteiger partial charge < -0.3 is 4.90 Å². The summed E-state index contributed by atoms with van der Waals surface area (Å²) < 4.78 is 2.72. The Morgan fingerprint density at radius 3 is 2.20 bits per heavy atom. The van der Waals surface area contributed by atoms with E-state index in [0.717, 1.165) is 5.92 Å². The fourth-order valence-electron chi connectivity index (χ4n) is 13.6. The van der Waals surface area contributed by atoms with E-state index in [0.29, 0.717) is 17.8 Å². The van der Waals surface area contributed by atoms with Crippen LogP contribution in [0.15, 0.2) is 127 Å². The number of hydrogen-bond donors (Lipinski definition) is 0. The van der Waals surface area contributed by atoms with Gasteiger partial charge in [-0.25, -0.2) is 0 Å². The highest BCUT2D eigenvalue weighted by Crippen LogP contribution is 2.66. The largest absolute Gasteiger partial charge is 0.309 e. The van der Waals surface area contributed by atoms with Crippen LogP contribution in [0.25, 0.3) is 42.4 Å². The molecular weight excluding hydrogens is 695 g/mol. The highest BCUT2D eigenvalue weighted by Gasteiger charge is 2.58. The molecule has 2 bridgehead atoms. The van der Waals surface area contributed by atoms with Crippen LogP contribution in [-0.2, 0) is 10.8 Å². The van der Waals surface area contributed by atoms with Crippen molar-refractivity contribution < 1.29 is 0 Å². The number of nitrogens with zero attached hydrogens (tertiary/aromatic N) is 1. The van der Waals surface area contributed by atoms with E-state index in [9.17, 15) is 0 Å². The highest BCUT2D eigenvalue weighted by molar-refractivity contribution is 7.26. The molecular formula is C54H51NS. The standard InChI is InChI=1S/C54H51NS/c1-3-35-25-27-36-26-24-34(2)45(32-35)54(36)43-18-8-4-14-38(43)39-29-28-37(33-46(39)54)55(48-21-13-23-50-52(48)41-16-6-9-22-49(41)56-50)47-20-12-19-44-51(47)40-15-5-7-17-42(40)53(44)30-10-11-31-53/h4-9,12-23,28-29,33-36,45H,3,10-11,24-27,30-32H2,1-2H3/t34-,35?,36?,45?,54?/m0/s1. The number of fused-ring (bicyclic) bond motifs is 11. The molecule has 4 unspecified atom stereocenters. The van der Waals surface area contributed by atoms with E-state index in [1.54, 1.807) is 22.3 Å². The third kappa shape index (κ3) is 4.37. The molecule has 12 rings (SSSR count). The number of rotatable bonds is 4. The van der Waals surface area contributed by atoms with Gasteiger partial charge in [0.1, 0.15) is 0 Å². The lowest BCUT2D eigenvalue weighted by Crippen LogP contribution is -2.47. The van der Waals surface area contributed by atoms with Gasteiger partial charge >= 0.3 is 0 Å². The van der Waals surface area contributed by atoms with E-state index < -0.39 is 0 Å². The van der Waals surface area contributed by atoms with E-state index in [1.165, 1.54) is 124 Å². The summed E-state index contributed by atoms with van der Waals surface area (Å²) in [6.07, 6.45) is 13.1. The normalized spacial score (nSPS) is 25.3. The van der Waals surface area contributed by atoms with Crippen LogP contribution in [0.4, 0.5) is 17.1 Å². The number of thiophene rings is 1. The third-order valence-corrected chi connectivity index (χ3v) is 17.1. The monoisotopic (exact) mass is 745 g/mol. The molecule has 0 radical (unpaired) electrons. The van der Waals surface area contributed by atoms with Crippen molar-refractivity contribution in [3.8, 4) is 22.3 Å². The van der Waals surface area contributed by atoms with Crippen molar-refractivity contribution in [1.29, 1.82) is 0 Å². The zero-order chi connectivity index (χ0) is 37.2. The summed E-state index contributed by atoms with van der Waals surface area (Å²) in [6.45, 7) is 5.05. The molecule has 56 heavy (non-hydrogen) atoms. The maximum absolute atomic E-state index is 2.72. The second kappa shape index (κ2) is 12.4. The third-order valence-electron chi connectivity index (χ3n) is 15.9. The maximum atomic E-state index is 2.72. The van der Waals surface area contributed by atoms with E-state index in [2.05, 4.69) is 146 Å². The summed E-state index contributed by atoms with van der Waals surface area (Å²) in [5.74, 6) is 2.85. The van der Waals surface area contributed by atoms with Crippen molar-refractivity contribution >= 4 is 48.6 Å². The number of benzene rings is 6. The van der Waals surface area contributed by atoms with Gasteiger partial charge in [0.2, 0.25) is 0 Å². The van der Waals surface area contributed by atoms with Crippen LogP contribution < -0.4 is 4.90 Å². The van der Waals surface area contributed by atoms with Crippen molar-refractivity contribution in [2.75, 3.05) is 4.90 Å². The van der Waals surface area contributed by atoms with Gasteiger partial charge in [-0.05, 0) is 131 Å².